The topological polar surface area (TPSA) is 61.7 Å². The van der Waals surface area contributed by atoms with Crippen molar-refractivity contribution in [2.45, 2.75) is 109 Å². The van der Waals surface area contributed by atoms with Crippen molar-refractivity contribution in [1.82, 2.24) is 5.43 Å². The summed E-state index contributed by atoms with van der Waals surface area (Å²) in [5, 5.41) is 16.0. The van der Waals surface area contributed by atoms with Crippen molar-refractivity contribution >= 4 is 11.6 Å². The van der Waals surface area contributed by atoms with E-state index in [-0.39, 0.29) is 16.7 Å². The van der Waals surface area contributed by atoms with Crippen LogP contribution in [-0.2, 0) is 16.6 Å². The van der Waals surface area contributed by atoms with Gasteiger partial charge in [-0.2, -0.15) is 5.10 Å². The largest absolute Gasteiger partial charge is 0.508 e. The Labute approximate surface area is 210 Å². The van der Waals surface area contributed by atoms with E-state index in [0.717, 1.165) is 37.0 Å². The molecule has 4 nitrogen and oxygen atoms in total. The molecule has 188 valence electrons. The van der Waals surface area contributed by atoms with Crippen molar-refractivity contribution in [3.8, 4) is 5.75 Å². The van der Waals surface area contributed by atoms with E-state index in [9.17, 15) is 9.90 Å². The molecule has 1 amide bonds. The van der Waals surface area contributed by atoms with Crippen molar-refractivity contribution in [3.05, 3.63) is 28.8 Å². The quantitative estimate of drug-likeness (QED) is 0.475. The van der Waals surface area contributed by atoms with E-state index in [1.165, 1.54) is 81.0 Å². The van der Waals surface area contributed by atoms with Gasteiger partial charge in [-0.1, -0.05) is 13.0 Å². The van der Waals surface area contributed by atoms with Gasteiger partial charge in [-0.05, 0) is 142 Å². The van der Waals surface area contributed by atoms with Crippen LogP contribution in [0.4, 0.5) is 0 Å². The van der Waals surface area contributed by atoms with Crippen LogP contribution in [-0.4, -0.2) is 16.7 Å². The van der Waals surface area contributed by atoms with E-state index >= 15 is 0 Å². The van der Waals surface area contributed by atoms with Gasteiger partial charge in [0.05, 0.1) is 0 Å². The number of aromatic hydroxyl groups is 1. The molecule has 0 heterocycles. The van der Waals surface area contributed by atoms with Crippen molar-refractivity contribution in [3.63, 3.8) is 0 Å². The van der Waals surface area contributed by atoms with Gasteiger partial charge in [0.1, 0.15) is 5.75 Å². The highest BCUT2D eigenvalue weighted by atomic mass is 16.3. The maximum atomic E-state index is 11.6. The molecule has 0 spiro atoms. The summed E-state index contributed by atoms with van der Waals surface area (Å²) < 4.78 is 0. The number of hydrazone groups is 1. The highest BCUT2D eigenvalue weighted by Crippen LogP contribution is 2.63. The number of nitrogens with zero attached hydrogens (tertiary/aromatic N) is 1. The minimum absolute atomic E-state index is 0.0690. The van der Waals surface area contributed by atoms with Crippen molar-refractivity contribution < 1.29 is 9.90 Å². The maximum absolute atomic E-state index is 11.6. The second-order valence-electron chi connectivity index (χ2n) is 13.8. The Morgan fingerprint density at radius 2 is 1.74 bits per heavy atom. The van der Waals surface area contributed by atoms with E-state index in [4.69, 9.17) is 0 Å². The maximum Gasteiger partial charge on any atom is 0.236 e. The van der Waals surface area contributed by atoms with Gasteiger partial charge in [-0.3, -0.25) is 4.79 Å². The molecule has 2 N–H and O–H groups in total. The highest BCUT2D eigenvalue weighted by Gasteiger charge is 2.54. The fraction of sp³-hybridized carbons (Fsp3) is 0.742. The summed E-state index contributed by atoms with van der Waals surface area (Å²) in [6, 6.07) is 4.73. The Balaban J connectivity index is 1.23. The highest BCUT2D eigenvalue weighted by molar-refractivity contribution is 5.92. The molecule has 1 aromatic carbocycles. The summed E-state index contributed by atoms with van der Waals surface area (Å²) >= 11 is 0. The molecule has 35 heavy (non-hydrogen) atoms. The van der Waals surface area contributed by atoms with Gasteiger partial charge in [-0.25, -0.2) is 5.43 Å². The van der Waals surface area contributed by atoms with Gasteiger partial charge < -0.3 is 5.11 Å². The normalized spacial score (nSPS) is 44.5. The lowest BCUT2D eigenvalue weighted by Gasteiger charge is -2.57. The van der Waals surface area contributed by atoms with Crippen LogP contribution in [0.5, 0.6) is 5.75 Å². The smallest absolute Gasteiger partial charge is 0.236 e. The van der Waals surface area contributed by atoms with Crippen LogP contribution >= 0.6 is 0 Å². The number of fused-ring (bicyclic) bond motifs is 5. The number of benzene rings is 1. The Morgan fingerprint density at radius 1 is 1.03 bits per heavy atom. The number of carbonyl (C=O) groups is 1. The average molecular weight is 475 g/mol. The molecule has 1 aromatic rings. The second-order valence-corrected chi connectivity index (χ2v) is 13.8. The van der Waals surface area contributed by atoms with Gasteiger partial charge in [-0.15, -0.1) is 0 Å². The second kappa shape index (κ2) is 7.83. The minimum atomic E-state index is -0.0690. The van der Waals surface area contributed by atoms with Crippen molar-refractivity contribution in [2.24, 2.45) is 40.1 Å². The summed E-state index contributed by atoms with van der Waals surface area (Å²) in [5.74, 6) is 5.17. The third kappa shape index (κ3) is 3.37. The molecule has 0 radical (unpaired) electrons. The first-order valence-electron chi connectivity index (χ1n) is 14.5. The Hall–Kier alpha value is -1.84. The number of nitrogens with one attached hydrogen (secondary N) is 1. The van der Waals surface area contributed by atoms with Crippen molar-refractivity contribution in [2.75, 3.05) is 0 Å². The number of phenols is 1. The monoisotopic (exact) mass is 474 g/mol. The SMILES string of the molecule is CC(=O)N/N=C1\CCCC2C3CCc4cc(O)c(C56CC7CC(CC(C7)C5)C6)cc4C3CC[C@]12C. The summed E-state index contributed by atoms with van der Waals surface area (Å²) in [7, 11) is 0. The number of hydrogen-bond donors (Lipinski definition) is 2. The van der Waals surface area contributed by atoms with E-state index in [1.54, 1.807) is 12.5 Å². The lowest BCUT2D eigenvalue weighted by atomic mass is 9.47. The fourth-order valence-electron chi connectivity index (χ4n) is 10.8. The molecular formula is C31H42N2O2. The summed E-state index contributed by atoms with van der Waals surface area (Å²) in [6.07, 6.45) is 16.4. The van der Waals surface area contributed by atoms with Crippen LogP contribution in [0.1, 0.15) is 114 Å². The first kappa shape index (κ1) is 22.4. The number of carbonyl (C=O) groups excluding carboxylic acids is 1. The summed E-state index contributed by atoms with van der Waals surface area (Å²) in [4.78, 5) is 11.6. The summed E-state index contributed by atoms with van der Waals surface area (Å²) in [5.41, 5.74) is 8.66. The summed E-state index contributed by atoms with van der Waals surface area (Å²) in [6.45, 7) is 3.99. The molecule has 6 fully saturated rings. The van der Waals surface area contributed by atoms with Gasteiger partial charge in [0, 0.05) is 23.6 Å². The number of hydrogen-bond acceptors (Lipinski definition) is 3. The predicted octanol–water partition coefficient (Wildman–Crippen LogP) is 6.60. The van der Waals surface area contributed by atoms with Crippen LogP contribution in [0, 0.1) is 35.0 Å². The van der Waals surface area contributed by atoms with Crippen LogP contribution in [0.15, 0.2) is 17.2 Å². The standard InChI is InChI=1S/C31H42N2O2/c1-18(34)32-33-29-5-3-4-26-24-7-6-22-13-28(35)27(14-25(22)23(24)8-9-30(26,29)2)31-15-19-10-20(16-31)12-21(11-19)17-31/h13-14,19-21,23-24,26,35H,3-12,15-17H2,1-2H3,(H,32,34)/b33-29+/t19?,20?,21?,23?,24?,26?,30-,31?/m0/s1. The van der Waals surface area contributed by atoms with E-state index < -0.39 is 0 Å². The molecule has 7 aliphatic carbocycles. The van der Waals surface area contributed by atoms with Crippen molar-refractivity contribution in [1.29, 1.82) is 0 Å². The molecule has 0 aromatic heterocycles. The Morgan fingerprint density at radius 3 is 2.43 bits per heavy atom. The van der Waals surface area contributed by atoms with Crippen LogP contribution in [0.2, 0.25) is 0 Å². The third-order valence-corrected chi connectivity index (χ3v) is 11.8. The van der Waals surface area contributed by atoms with Gasteiger partial charge in [0.15, 0.2) is 0 Å². The number of aryl methyl sites for hydroxylation is 1. The number of amides is 1. The molecule has 3 unspecified atom stereocenters. The molecule has 4 atom stereocenters. The lowest BCUT2D eigenvalue weighted by molar-refractivity contribution is -0.118. The molecule has 8 rings (SSSR count). The number of rotatable bonds is 2. The minimum Gasteiger partial charge on any atom is -0.508 e. The van der Waals surface area contributed by atoms with Gasteiger partial charge >= 0.3 is 0 Å². The zero-order valence-corrected chi connectivity index (χ0v) is 21.6. The first-order chi connectivity index (χ1) is 16.8. The van der Waals surface area contributed by atoms with Crippen LogP contribution in [0.3, 0.4) is 0 Å². The molecule has 0 saturated heterocycles. The lowest BCUT2D eigenvalue weighted by Crippen LogP contribution is -2.50. The zero-order valence-electron chi connectivity index (χ0n) is 21.6. The van der Waals surface area contributed by atoms with E-state index in [1.807, 2.05) is 0 Å². The molecule has 6 saturated carbocycles. The third-order valence-electron chi connectivity index (χ3n) is 11.8. The van der Waals surface area contributed by atoms with Gasteiger partial charge in [0.2, 0.25) is 5.91 Å². The zero-order chi connectivity index (χ0) is 23.9. The molecular weight excluding hydrogens is 432 g/mol. The van der Waals surface area contributed by atoms with Gasteiger partial charge in [0.25, 0.3) is 0 Å². The number of phenolic OH excluding ortho intramolecular Hbond substituents is 1. The fourth-order valence-corrected chi connectivity index (χ4v) is 10.8. The van der Waals surface area contributed by atoms with E-state index in [2.05, 4.69) is 29.6 Å². The molecule has 0 aliphatic heterocycles. The van der Waals surface area contributed by atoms with Crippen LogP contribution < -0.4 is 5.43 Å². The van der Waals surface area contributed by atoms with Crippen LogP contribution in [0.25, 0.3) is 0 Å². The predicted molar refractivity (Wildman–Crippen MR) is 138 cm³/mol. The Bertz CT molecular complexity index is 1050. The van der Waals surface area contributed by atoms with E-state index in [0.29, 0.717) is 23.5 Å². The first-order valence-corrected chi connectivity index (χ1v) is 14.5. The molecule has 4 bridgehead atoms. The average Bonchev–Trinajstić information content (AvgIpc) is 2.80. The molecule has 4 heteroatoms. The Kier molecular flexibility index (Phi) is 5.00. The molecule has 7 aliphatic rings.